The van der Waals surface area contributed by atoms with Gasteiger partial charge in [0.25, 0.3) is 0 Å². The first kappa shape index (κ1) is 18.5. The summed E-state index contributed by atoms with van der Waals surface area (Å²) in [5.41, 5.74) is 1.46. The van der Waals surface area contributed by atoms with E-state index in [9.17, 15) is 13.6 Å². The number of aryl methyl sites for hydroxylation is 1. The fourth-order valence-corrected chi connectivity index (χ4v) is 5.04. The zero-order chi connectivity index (χ0) is 19.2. The lowest BCUT2D eigenvalue weighted by atomic mass is 9.93. The van der Waals surface area contributed by atoms with Gasteiger partial charge in [0, 0.05) is 36.3 Å². The van der Waals surface area contributed by atoms with Gasteiger partial charge in [-0.1, -0.05) is 6.07 Å². The number of amides is 1. The van der Waals surface area contributed by atoms with Crippen molar-refractivity contribution in [3.63, 3.8) is 0 Å². The summed E-state index contributed by atoms with van der Waals surface area (Å²) in [6.45, 7) is 4.11. The number of anilines is 1. The summed E-state index contributed by atoms with van der Waals surface area (Å²) in [5, 5.41) is 0.763. The second-order valence-corrected chi connectivity index (χ2v) is 8.32. The number of ether oxygens (including phenoxy) is 2. The van der Waals surface area contributed by atoms with Gasteiger partial charge >= 0.3 is 0 Å². The number of hydrogen-bond acceptors (Lipinski definition) is 4. The molecule has 1 saturated heterocycles. The first-order chi connectivity index (χ1) is 12.8. The predicted molar refractivity (Wildman–Crippen MR) is 98.8 cm³/mol. The number of rotatable bonds is 3. The highest BCUT2D eigenvalue weighted by atomic mass is 32.1. The summed E-state index contributed by atoms with van der Waals surface area (Å²) in [5.74, 6) is -2.02. The summed E-state index contributed by atoms with van der Waals surface area (Å²) in [4.78, 5) is 14.9. The van der Waals surface area contributed by atoms with Crippen molar-refractivity contribution in [1.82, 2.24) is 0 Å². The normalized spacial score (nSPS) is 24.2. The molecule has 0 saturated carbocycles. The summed E-state index contributed by atoms with van der Waals surface area (Å²) in [6, 6.07) is 5.42. The Kier molecular flexibility index (Phi) is 4.78. The minimum absolute atomic E-state index is 0.0655. The van der Waals surface area contributed by atoms with Gasteiger partial charge in [0.1, 0.15) is 11.6 Å². The molecule has 2 aliphatic rings. The molecule has 0 N–H and O–H groups in total. The number of thiophene rings is 1. The Morgan fingerprint density at radius 1 is 1.37 bits per heavy atom. The van der Waals surface area contributed by atoms with Crippen LogP contribution in [0.15, 0.2) is 24.3 Å². The number of carbonyl (C=O) groups is 1. The Balaban J connectivity index is 1.59. The van der Waals surface area contributed by atoms with Crippen LogP contribution in [0.3, 0.4) is 0 Å². The highest BCUT2D eigenvalue weighted by molar-refractivity contribution is 7.16. The maximum atomic E-state index is 14.0. The number of fused-ring (bicyclic) bond motifs is 1. The van der Waals surface area contributed by atoms with E-state index < -0.39 is 17.4 Å². The van der Waals surface area contributed by atoms with Crippen LogP contribution in [0.25, 0.3) is 0 Å². The van der Waals surface area contributed by atoms with Crippen molar-refractivity contribution in [2.45, 2.75) is 51.5 Å². The van der Waals surface area contributed by atoms with Gasteiger partial charge in [-0.3, -0.25) is 9.69 Å². The maximum Gasteiger partial charge on any atom is 0.224 e. The van der Waals surface area contributed by atoms with Crippen molar-refractivity contribution in [2.75, 3.05) is 11.5 Å². The van der Waals surface area contributed by atoms with Gasteiger partial charge in [-0.05, 0) is 31.0 Å². The second kappa shape index (κ2) is 6.96. The topological polar surface area (TPSA) is 38.8 Å². The molecule has 144 valence electrons. The largest absolute Gasteiger partial charge is 0.347 e. The maximum absolute atomic E-state index is 14.0. The molecule has 4 nitrogen and oxygen atoms in total. The number of halogens is 2. The Morgan fingerprint density at radius 3 is 2.85 bits per heavy atom. The molecule has 1 amide bonds. The molecular weight excluding hydrogens is 372 g/mol. The van der Waals surface area contributed by atoms with E-state index in [-0.39, 0.29) is 24.1 Å². The number of nitrogens with zero attached hydrogens (tertiary/aromatic N) is 1. The van der Waals surface area contributed by atoms with Gasteiger partial charge in [0.15, 0.2) is 5.79 Å². The van der Waals surface area contributed by atoms with Crippen molar-refractivity contribution >= 4 is 22.2 Å². The fraction of sp³-hybridized carbons (Fsp3) is 0.450. The Morgan fingerprint density at radius 2 is 2.19 bits per heavy atom. The zero-order valence-electron chi connectivity index (χ0n) is 15.3. The number of carbonyl (C=O) groups excluding carboxylic acids is 1. The quantitative estimate of drug-likeness (QED) is 0.785. The second-order valence-electron chi connectivity index (χ2n) is 7.20. The molecule has 1 spiro atoms. The van der Waals surface area contributed by atoms with Gasteiger partial charge in [0.2, 0.25) is 5.91 Å². The summed E-state index contributed by atoms with van der Waals surface area (Å²) < 4.78 is 39.1. The third kappa shape index (κ3) is 3.63. The average Bonchev–Trinajstić information content (AvgIpc) is 3.17. The molecule has 2 aromatic rings. The minimum atomic E-state index is -0.650. The fourth-order valence-electron chi connectivity index (χ4n) is 3.70. The highest BCUT2D eigenvalue weighted by Crippen LogP contribution is 2.43. The van der Waals surface area contributed by atoms with Crippen LogP contribution in [0.4, 0.5) is 13.8 Å². The van der Waals surface area contributed by atoms with Crippen LogP contribution in [-0.2, 0) is 33.7 Å². The van der Waals surface area contributed by atoms with E-state index in [4.69, 9.17) is 9.47 Å². The lowest BCUT2D eigenvalue weighted by molar-refractivity contribution is -0.172. The van der Waals surface area contributed by atoms with Gasteiger partial charge in [-0.2, -0.15) is 0 Å². The van der Waals surface area contributed by atoms with Gasteiger partial charge in [-0.15, -0.1) is 11.3 Å². The molecule has 2 atom stereocenters. The van der Waals surface area contributed by atoms with E-state index in [0.29, 0.717) is 13.0 Å². The van der Waals surface area contributed by atoms with Crippen molar-refractivity contribution in [3.8, 4) is 0 Å². The molecule has 2 heterocycles. The van der Waals surface area contributed by atoms with Crippen LogP contribution in [0.1, 0.15) is 36.3 Å². The number of benzene rings is 1. The molecule has 27 heavy (non-hydrogen) atoms. The van der Waals surface area contributed by atoms with Crippen LogP contribution in [0, 0.1) is 11.6 Å². The third-order valence-electron chi connectivity index (χ3n) is 5.08. The van der Waals surface area contributed by atoms with Crippen LogP contribution >= 0.6 is 11.3 Å². The smallest absolute Gasteiger partial charge is 0.224 e. The van der Waals surface area contributed by atoms with Gasteiger partial charge < -0.3 is 9.47 Å². The van der Waals surface area contributed by atoms with Crippen molar-refractivity contribution in [3.05, 3.63) is 51.9 Å². The third-order valence-corrected chi connectivity index (χ3v) is 6.28. The summed E-state index contributed by atoms with van der Waals surface area (Å²) >= 11 is 1.51. The molecule has 1 aromatic heterocycles. The molecule has 1 aliphatic heterocycles. The zero-order valence-corrected chi connectivity index (χ0v) is 16.1. The first-order valence-corrected chi connectivity index (χ1v) is 9.82. The monoisotopic (exact) mass is 393 g/mol. The molecule has 0 radical (unpaired) electrons. The summed E-state index contributed by atoms with van der Waals surface area (Å²) in [7, 11) is 0. The van der Waals surface area contributed by atoms with E-state index in [1.54, 1.807) is 0 Å². The molecule has 7 heteroatoms. The van der Waals surface area contributed by atoms with E-state index in [2.05, 4.69) is 0 Å². The standard InChI is InChI=1S/C20H21F2NO3S/c1-12-11-25-20(26-12)6-5-14-7-19(27-18(14)9-20)23(13(2)24)10-15-3-4-16(21)8-17(15)22/h3-4,7-8,12H,5-6,9-11H2,1-2H3. The van der Waals surface area contributed by atoms with Crippen molar-refractivity contribution in [2.24, 2.45) is 0 Å². The van der Waals surface area contributed by atoms with Crippen LogP contribution < -0.4 is 4.90 Å². The molecule has 1 aromatic carbocycles. The minimum Gasteiger partial charge on any atom is -0.347 e. The predicted octanol–water partition coefficient (Wildman–Crippen LogP) is 4.20. The summed E-state index contributed by atoms with van der Waals surface area (Å²) in [6.07, 6.45) is 2.34. The molecule has 1 fully saturated rings. The van der Waals surface area contributed by atoms with Crippen molar-refractivity contribution in [1.29, 1.82) is 0 Å². The Hall–Kier alpha value is -1.83. The average molecular weight is 393 g/mol. The Labute approximate surface area is 160 Å². The van der Waals surface area contributed by atoms with E-state index >= 15 is 0 Å². The van der Waals surface area contributed by atoms with Gasteiger partial charge in [-0.25, -0.2) is 8.78 Å². The molecule has 0 bridgehead atoms. The Bertz CT molecular complexity index is 884. The van der Waals surface area contributed by atoms with Crippen molar-refractivity contribution < 1.29 is 23.0 Å². The SMILES string of the molecule is CC(=O)N(Cc1ccc(F)cc1F)c1cc2c(s1)CC1(CC2)OCC(C)O1. The first-order valence-electron chi connectivity index (χ1n) is 9.01. The van der Waals surface area contributed by atoms with Crippen LogP contribution in [-0.4, -0.2) is 24.4 Å². The molecular formula is C20H21F2NO3S. The number of hydrogen-bond donors (Lipinski definition) is 0. The molecule has 2 unspecified atom stereocenters. The van der Waals surface area contributed by atoms with Gasteiger partial charge in [0.05, 0.1) is 24.3 Å². The van der Waals surface area contributed by atoms with E-state index in [1.165, 1.54) is 40.9 Å². The highest BCUT2D eigenvalue weighted by Gasteiger charge is 2.43. The lowest BCUT2D eigenvalue weighted by Gasteiger charge is -2.31. The lowest BCUT2D eigenvalue weighted by Crippen LogP contribution is -2.36. The van der Waals surface area contributed by atoms with Crippen LogP contribution in [0.2, 0.25) is 0 Å². The molecule has 1 aliphatic carbocycles. The van der Waals surface area contributed by atoms with E-state index in [0.717, 1.165) is 28.8 Å². The van der Waals surface area contributed by atoms with E-state index in [1.807, 2.05) is 13.0 Å². The molecule has 4 rings (SSSR count). The van der Waals surface area contributed by atoms with Crippen LogP contribution in [0.5, 0.6) is 0 Å².